The molecule has 0 saturated carbocycles. The summed E-state index contributed by atoms with van der Waals surface area (Å²) in [7, 11) is 1.65. The quantitative estimate of drug-likeness (QED) is 0.868. The fraction of sp³-hybridized carbons (Fsp3) is 0.400. The van der Waals surface area contributed by atoms with Crippen molar-refractivity contribution in [1.29, 1.82) is 0 Å². The molecule has 0 bridgehead atoms. The second kappa shape index (κ2) is 5.45. The van der Waals surface area contributed by atoms with Crippen molar-refractivity contribution in [2.75, 3.05) is 19.0 Å². The first-order valence-corrected chi connectivity index (χ1v) is 6.43. The van der Waals surface area contributed by atoms with Gasteiger partial charge in [0.05, 0.1) is 19.3 Å². The van der Waals surface area contributed by atoms with Gasteiger partial charge in [0.15, 0.2) is 0 Å². The van der Waals surface area contributed by atoms with Crippen molar-refractivity contribution >= 4 is 16.6 Å². The number of nitrogens with zero attached hydrogens (tertiary/aromatic N) is 1. The average molecular weight is 260 g/mol. The second-order valence-corrected chi connectivity index (χ2v) is 4.94. The van der Waals surface area contributed by atoms with E-state index in [1.807, 2.05) is 38.1 Å². The molecule has 102 valence electrons. The average Bonchev–Trinajstić information content (AvgIpc) is 2.46. The van der Waals surface area contributed by atoms with Crippen LogP contribution in [-0.2, 0) is 0 Å². The third-order valence-corrected chi connectivity index (χ3v) is 3.52. The largest absolute Gasteiger partial charge is 0.497 e. The molecule has 2 rings (SSSR count). The fourth-order valence-electron chi connectivity index (χ4n) is 1.91. The third-order valence-electron chi connectivity index (χ3n) is 3.52. The zero-order valence-electron chi connectivity index (χ0n) is 11.6. The molecule has 4 nitrogen and oxygen atoms in total. The summed E-state index contributed by atoms with van der Waals surface area (Å²) < 4.78 is 5.22. The van der Waals surface area contributed by atoms with E-state index in [4.69, 9.17) is 4.74 Å². The van der Waals surface area contributed by atoms with E-state index < -0.39 is 0 Å². The summed E-state index contributed by atoms with van der Waals surface area (Å²) in [6, 6.07) is 7.82. The van der Waals surface area contributed by atoms with Crippen molar-refractivity contribution < 1.29 is 9.84 Å². The first kappa shape index (κ1) is 13.6. The smallest absolute Gasteiger partial charge is 0.134 e. The Morgan fingerprint density at radius 3 is 2.79 bits per heavy atom. The van der Waals surface area contributed by atoms with Crippen LogP contribution in [0.5, 0.6) is 5.75 Å². The van der Waals surface area contributed by atoms with E-state index in [0.717, 1.165) is 28.8 Å². The minimum atomic E-state index is -0.360. The number of ether oxygens (including phenoxy) is 1. The molecule has 0 fully saturated rings. The lowest BCUT2D eigenvalue weighted by atomic mass is 10.00. The Labute approximate surface area is 113 Å². The maximum atomic E-state index is 9.49. The van der Waals surface area contributed by atoms with Gasteiger partial charge < -0.3 is 15.2 Å². The molecule has 0 radical (unpaired) electrons. The normalized spacial score (nSPS) is 14.1. The standard InChI is InChI=1S/C15H20N2O2/c1-4-15(2,10-18)17-14-13-6-5-12(19-3)9-11(13)7-8-16-14/h5-9,18H,4,10H2,1-3H3,(H,16,17). The van der Waals surface area contributed by atoms with E-state index in [0.29, 0.717) is 0 Å². The number of rotatable bonds is 5. The van der Waals surface area contributed by atoms with Crippen LogP contribution in [0.1, 0.15) is 20.3 Å². The van der Waals surface area contributed by atoms with Gasteiger partial charge in [-0.1, -0.05) is 6.92 Å². The fourth-order valence-corrected chi connectivity index (χ4v) is 1.91. The van der Waals surface area contributed by atoms with Gasteiger partial charge in [-0.05, 0) is 43.0 Å². The molecule has 1 atom stereocenters. The molecular weight excluding hydrogens is 240 g/mol. The van der Waals surface area contributed by atoms with E-state index in [9.17, 15) is 5.11 Å². The molecule has 19 heavy (non-hydrogen) atoms. The summed E-state index contributed by atoms with van der Waals surface area (Å²) in [6.45, 7) is 4.09. The van der Waals surface area contributed by atoms with Crippen LogP contribution in [0.2, 0.25) is 0 Å². The molecule has 1 heterocycles. The van der Waals surface area contributed by atoms with E-state index in [1.165, 1.54) is 0 Å². The number of hydrogen-bond acceptors (Lipinski definition) is 4. The molecule has 2 N–H and O–H groups in total. The third kappa shape index (κ3) is 2.79. The van der Waals surface area contributed by atoms with Crippen molar-refractivity contribution in [3.63, 3.8) is 0 Å². The number of benzene rings is 1. The molecule has 0 amide bonds. The van der Waals surface area contributed by atoms with Crippen molar-refractivity contribution in [3.05, 3.63) is 30.5 Å². The maximum Gasteiger partial charge on any atom is 0.134 e. The molecule has 1 aromatic carbocycles. The number of aliphatic hydroxyl groups is 1. The van der Waals surface area contributed by atoms with Gasteiger partial charge in [-0.3, -0.25) is 0 Å². The number of fused-ring (bicyclic) bond motifs is 1. The number of aliphatic hydroxyl groups excluding tert-OH is 1. The lowest BCUT2D eigenvalue weighted by Gasteiger charge is -2.28. The Bertz CT molecular complexity index is 565. The first-order chi connectivity index (χ1) is 9.11. The Hall–Kier alpha value is -1.81. The Kier molecular flexibility index (Phi) is 3.90. The molecule has 0 saturated heterocycles. The van der Waals surface area contributed by atoms with Crippen LogP contribution in [0.15, 0.2) is 30.5 Å². The summed E-state index contributed by atoms with van der Waals surface area (Å²) in [5, 5.41) is 14.9. The Balaban J connectivity index is 2.44. The van der Waals surface area contributed by atoms with Crippen molar-refractivity contribution in [2.24, 2.45) is 0 Å². The molecule has 2 aromatic rings. The topological polar surface area (TPSA) is 54.4 Å². The Morgan fingerprint density at radius 1 is 1.37 bits per heavy atom. The van der Waals surface area contributed by atoms with Gasteiger partial charge in [0.1, 0.15) is 11.6 Å². The molecule has 1 aromatic heterocycles. The summed E-state index contributed by atoms with van der Waals surface area (Å²) in [6.07, 6.45) is 2.58. The minimum absolute atomic E-state index is 0.0672. The number of anilines is 1. The van der Waals surface area contributed by atoms with Crippen LogP contribution in [0, 0.1) is 0 Å². The summed E-state index contributed by atoms with van der Waals surface area (Å²) in [4.78, 5) is 4.38. The predicted molar refractivity (Wildman–Crippen MR) is 77.7 cm³/mol. The van der Waals surface area contributed by atoms with E-state index in [-0.39, 0.29) is 12.1 Å². The highest BCUT2D eigenvalue weighted by atomic mass is 16.5. The minimum Gasteiger partial charge on any atom is -0.497 e. The monoisotopic (exact) mass is 260 g/mol. The highest BCUT2D eigenvalue weighted by Crippen LogP contribution is 2.27. The molecule has 4 heteroatoms. The van der Waals surface area contributed by atoms with Crippen molar-refractivity contribution in [2.45, 2.75) is 25.8 Å². The van der Waals surface area contributed by atoms with Crippen LogP contribution in [0.25, 0.3) is 10.8 Å². The SMILES string of the molecule is CCC(C)(CO)Nc1nccc2cc(OC)ccc12. The maximum absolute atomic E-state index is 9.49. The van der Waals surface area contributed by atoms with Gasteiger partial charge in [-0.15, -0.1) is 0 Å². The molecule has 0 aliphatic carbocycles. The van der Waals surface area contributed by atoms with Gasteiger partial charge in [-0.2, -0.15) is 0 Å². The second-order valence-electron chi connectivity index (χ2n) is 4.94. The Morgan fingerprint density at radius 2 is 2.16 bits per heavy atom. The molecule has 0 aliphatic heterocycles. The molecular formula is C15H20N2O2. The van der Waals surface area contributed by atoms with Gasteiger partial charge in [0, 0.05) is 11.6 Å². The van der Waals surface area contributed by atoms with Crippen molar-refractivity contribution in [3.8, 4) is 5.75 Å². The zero-order valence-corrected chi connectivity index (χ0v) is 11.6. The summed E-state index contributed by atoms with van der Waals surface area (Å²) in [5.41, 5.74) is -0.360. The van der Waals surface area contributed by atoms with Gasteiger partial charge in [0.25, 0.3) is 0 Å². The number of nitrogens with one attached hydrogen (secondary N) is 1. The summed E-state index contributed by atoms with van der Waals surface area (Å²) >= 11 is 0. The van der Waals surface area contributed by atoms with Crippen molar-refractivity contribution in [1.82, 2.24) is 4.98 Å². The lowest BCUT2D eigenvalue weighted by molar-refractivity contribution is 0.218. The molecule has 0 aliphatic rings. The predicted octanol–water partition coefficient (Wildman–Crippen LogP) is 2.82. The highest BCUT2D eigenvalue weighted by Gasteiger charge is 2.21. The number of hydrogen-bond donors (Lipinski definition) is 2. The van der Waals surface area contributed by atoms with Crippen LogP contribution < -0.4 is 10.1 Å². The number of pyridine rings is 1. The van der Waals surface area contributed by atoms with E-state index in [2.05, 4.69) is 10.3 Å². The van der Waals surface area contributed by atoms with Crippen LogP contribution in [-0.4, -0.2) is 29.3 Å². The highest BCUT2D eigenvalue weighted by molar-refractivity contribution is 5.92. The van der Waals surface area contributed by atoms with Gasteiger partial charge in [-0.25, -0.2) is 4.98 Å². The summed E-state index contributed by atoms with van der Waals surface area (Å²) in [5.74, 6) is 1.61. The number of methoxy groups -OCH3 is 1. The first-order valence-electron chi connectivity index (χ1n) is 6.43. The van der Waals surface area contributed by atoms with Crippen LogP contribution in [0.3, 0.4) is 0 Å². The molecule has 0 spiro atoms. The van der Waals surface area contributed by atoms with Crippen LogP contribution >= 0.6 is 0 Å². The van der Waals surface area contributed by atoms with Gasteiger partial charge >= 0.3 is 0 Å². The lowest BCUT2D eigenvalue weighted by Crippen LogP contribution is -2.38. The molecule has 1 unspecified atom stereocenters. The van der Waals surface area contributed by atoms with E-state index >= 15 is 0 Å². The van der Waals surface area contributed by atoms with E-state index in [1.54, 1.807) is 13.3 Å². The van der Waals surface area contributed by atoms with Gasteiger partial charge in [0.2, 0.25) is 0 Å². The zero-order chi connectivity index (χ0) is 13.9. The van der Waals surface area contributed by atoms with Crippen LogP contribution in [0.4, 0.5) is 5.82 Å². The number of aromatic nitrogens is 1.